The molecule has 0 radical (unpaired) electrons. The van der Waals surface area contributed by atoms with Gasteiger partial charge in [-0.05, 0) is 42.2 Å². The summed E-state index contributed by atoms with van der Waals surface area (Å²) in [6.45, 7) is 1.46. The zero-order valence-corrected chi connectivity index (χ0v) is 16.7. The molecule has 6 heteroatoms. The molecule has 0 amide bonds. The second kappa shape index (κ2) is 11.1. The SMILES string of the molecule is CN=C(NCCCc1ccc(O)cc1)NCc1ccccc1Cl.I. The quantitative estimate of drug-likeness (QED) is 0.265. The van der Waals surface area contributed by atoms with Crippen molar-refractivity contribution in [3.8, 4) is 5.75 Å². The second-order valence-electron chi connectivity index (χ2n) is 5.21. The maximum atomic E-state index is 9.26. The van der Waals surface area contributed by atoms with E-state index in [-0.39, 0.29) is 24.0 Å². The number of aliphatic imine (C=N–C) groups is 1. The third-order valence-corrected chi connectivity index (χ3v) is 3.87. The van der Waals surface area contributed by atoms with Gasteiger partial charge in [0.25, 0.3) is 0 Å². The van der Waals surface area contributed by atoms with Gasteiger partial charge in [0.1, 0.15) is 5.75 Å². The van der Waals surface area contributed by atoms with Crippen LogP contribution in [0.3, 0.4) is 0 Å². The van der Waals surface area contributed by atoms with Crippen LogP contribution in [-0.4, -0.2) is 24.7 Å². The Morgan fingerprint density at radius 1 is 1.08 bits per heavy atom. The first-order valence-electron chi connectivity index (χ1n) is 7.65. The molecule has 2 rings (SSSR count). The van der Waals surface area contributed by atoms with Gasteiger partial charge in [-0.2, -0.15) is 0 Å². The van der Waals surface area contributed by atoms with E-state index < -0.39 is 0 Å². The molecule has 4 nitrogen and oxygen atoms in total. The Morgan fingerprint density at radius 2 is 1.79 bits per heavy atom. The zero-order chi connectivity index (χ0) is 16.5. The van der Waals surface area contributed by atoms with Crippen LogP contribution >= 0.6 is 35.6 Å². The van der Waals surface area contributed by atoms with Crippen molar-refractivity contribution in [1.29, 1.82) is 0 Å². The van der Waals surface area contributed by atoms with Gasteiger partial charge in [-0.15, -0.1) is 24.0 Å². The highest BCUT2D eigenvalue weighted by Gasteiger charge is 2.01. The molecule has 0 aliphatic heterocycles. The number of hydrogen-bond donors (Lipinski definition) is 3. The van der Waals surface area contributed by atoms with Crippen molar-refractivity contribution >= 4 is 41.5 Å². The van der Waals surface area contributed by atoms with Gasteiger partial charge >= 0.3 is 0 Å². The summed E-state index contributed by atoms with van der Waals surface area (Å²) in [5, 5.41) is 16.6. The Balaban J connectivity index is 0.00000288. The molecule has 0 saturated heterocycles. The monoisotopic (exact) mass is 459 g/mol. The van der Waals surface area contributed by atoms with Crippen LogP contribution < -0.4 is 10.6 Å². The van der Waals surface area contributed by atoms with Crippen molar-refractivity contribution in [3.63, 3.8) is 0 Å². The molecule has 0 unspecified atom stereocenters. The van der Waals surface area contributed by atoms with E-state index in [9.17, 15) is 5.11 Å². The standard InChI is InChI=1S/C18H22ClN3O.HI/c1-20-18(22-13-15-6-2-3-7-17(15)19)21-12-4-5-14-8-10-16(23)11-9-14;/h2-3,6-11,23H,4-5,12-13H2,1H3,(H2,20,21,22);1H. The highest BCUT2D eigenvalue weighted by Crippen LogP contribution is 2.14. The van der Waals surface area contributed by atoms with Crippen LogP contribution in [0.2, 0.25) is 5.02 Å². The zero-order valence-electron chi connectivity index (χ0n) is 13.6. The average Bonchev–Trinajstić information content (AvgIpc) is 2.57. The normalized spacial score (nSPS) is 10.8. The topological polar surface area (TPSA) is 56.7 Å². The fraction of sp³-hybridized carbons (Fsp3) is 0.278. The maximum Gasteiger partial charge on any atom is 0.191 e. The first-order chi connectivity index (χ1) is 11.2. The van der Waals surface area contributed by atoms with Crippen LogP contribution in [-0.2, 0) is 13.0 Å². The van der Waals surface area contributed by atoms with Crippen molar-refractivity contribution in [3.05, 3.63) is 64.7 Å². The number of aryl methyl sites for hydroxylation is 1. The van der Waals surface area contributed by atoms with Crippen LogP contribution in [0.5, 0.6) is 5.75 Å². The first-order valence-corrected chi connectivity index (χ1v) is 8.02. The van der Waals surface area contributed by atoms with Crippen LogP contribution in [0.1, 0.15) is 17.5 Å². The minimum Gasteiger partial charge on any atom is -0.508 e. The molecule has 0 saturated carbocycles. The maximum absolute atomic E-state index is 9.26. The van der Waals surface area contributed by atoms with Crippen molar-refractivity contribution in [2.45, 2.75) is 19.4 Å². The molecule has 0 heterocycles. The summed E-state index contributed by atoms with van der Waals surface area (Å²) in [5.74, 6) is 1.06. The molecule has 130 valence electrons. The van der Waals surface area contributed by atoms with Gasteiger partial charge < -0.3 is 15.7 Å². The number of rotatable bonds is 6. The van der Waals surface area contributed by atoms with Crippen LogP contribution in [0.25, 0.3) is 0 Å². The summed E-state index contributed by atoms with van der Waals surface area (Å²) in [5.41, 5.74) is 2.25. The van der Waals surface area contributed by atoms with Gasteiger partial charge in [0.15, 0.2) is 5.96 Å². The lowest BCUT2D eigenvalue weighted by atomic mass is 10.1. The van der Waals surface area contributed by atoms with Gasteiger partial charge in [0, 0.05) is 25.2 Å². The Hall–Kier alpha value is -1.47. The molecule has 2 aromatic rings. The van der Waals surface area contributed by atoms with Gasteiger partial charge in [-0.25, -0.2) is 0 Å². The molecular formula is C18H23ClIN3O. The van der Waals surface area contributed by atoms with E-state index in [0.29, 0.717) is 12.3 Å². The fourth-order valence-corrected chi connectivity index (χ4v) is 2.41. The molecule has 3 N–H and O–H groups in total. The van der Waals surface area contributed by atoms with Gasteiger partial charge in [0.2, 0.25) is 0 Å². The third kappa shape index (κ3) is 6.97. The van der Waals surface area contributed by atoms with E-state index in [4.69, 9.17) is 11.6 Å². The van der Waals surface area contributed by atoms with Crippen molar-refractivity contribution in [1.82, 2.24) is 10.6 Å². The van der Waals surface area contributed by atoms with Crippen molar-refractivity contribution in [2.75, 3.05) is 13.6 Å². The summed E-state index contributed by atoms with van der Waals surface area (Å²) >= 11 is 6.14. The largest absolute Gasteiger partial charge is 0.508 e. The lowest BCUT2D eigenvalue weighted by Gasteiger charge is -2.12. The van der Waals surface area contributed by atoms with E-state index in [2.05, 4.69) is 15.6 Å². The summed E-state index contributed by atoms with van der Waals surface area (Å²) in [4.78, 5) is 4.21. The summed E-state index contributed by atoms with van der Waals surface area (Å²) in [6, 6.07) is 15.1. The molecule has 0 aliphatic rings. The van der Waals surface area contributed by atoms with Crippen LogP contribution in [0, 0.1) is 0 Å². The van der Waals surface area contributed by atoms with Gasteiger partial charge in [-0.1, -0.05) is 41.9 Å². The molecule has 24 heavy (non-hydrogen) atoms. The summed E-state index contributed by atoms with van der Waals surface area (Å²) < 4.78 is 0. The molecule has 0 fully saturated rings. The highest BCUT2D eigenvalue weighted by atomic mass is 127. The molecule has 0 spiro atoms. The number of phenolic OH excluding ortho intramolecular Hbond substituents is 1. The van der Waals surface area contributed by atoms with E-state index in [1.807, 2.05) is 36.4 Å². The molecule has 0 atom stereocenters. The van der Waals surface area contributed by atoms with Crippen molar-refractivity contribution < 1.29 is 5.11 Å². The number of phenols is 1. The minimum absolute atomic E-state index is 0. The number of guanidine groups is 1. The lowest BCUT2D eigenvalue weighted by Crippen LogP contribution is -2.37. The van der Waals surface area contributed by atoms with E-state index >= 15 is 0 Å². The van der Waals surface area contributed by atoms with Crippen LogP contribution in [0.4, 0.5) is 0 Å². The van der Waals surface area contributed by atoms with Crippen molar-refractivity contribution in [2.24, 2.45) is 4.99 Å². The number of benzene rings is 2. The van der Waals surface area contributed by atoms with Gasteiger partial charge in [-0.3, -0.25) is 4.99 Å². The van der Waals surface area contributed by atoms with Gasteiger partial charge in [0.05, 0.1) is 0 Å². The number of aromatic hydroxyl groups is 1. The number of nitrogens with zero attached hydrogens (tertiary/aromatic N) is 1. The van der Waals surface area contributed by atoms with E-state index in [1.165, 1.54) is 5.56 Å². The van der Waals surface area contributed by atoms with E-state index in [1.54, 1.807) is 19.2 Å². The third-order valence-electron chi connectivity index (χ3n) is 3.50. The minimum atomic E-state index is 0. The fourth-order valence-electron chi connectivity index (χ4n) is 2.20. The smallest absolute Gasteiger partial charge is 0.191 e. The second-order valence-corrected chi connectivity index (χ2v) is 5.62. The molecule has 0 aliphatic carbocycles. The molecule has 0 bridgehead atoms. The molecule has 2 aromatic carbocycles. The Kier molecular flexibility index (Phi) is 9.56. The lowest BCUT2D eigenvalue weighted by molar-refractivity contribution is 0.475. The molecular weight excluding hydrogens is 437 g/mol. The Morgan fingerprint density at radius 3 is 2.46 bits per heavy atom. The summed E-state index contributed by atoms with van der Waals surface area (Å²) in [7, 11) is 1.75. The predicted molar refractivity (Wildman–Crippen MR) is 111 cm³/mol. The highest BCUT2D eigenvalue weighted by molar-refractivity contribution is 14.0. The summed E-state index contributed by atoms with van der Waals surface area (Å²) in [6.07, 6.45) is 1.94. The molecule has 0 aromatic heterocycles. The van der Waals surface area contributed by atoms with Crippen LogP contribution in [0.15, 0.2) is 53.5 Å². The number of nitrogens with one attached hydrogen (secondary N) is 2. The number of halogens is 2. The average molecular weight is 460 g/mol. The first kappa shape index (κ1) is 20.6. The Bertz CT molecular complexity index is 647. The Labute approximate surface area is 165 Å². The number of hydrogen-bond acceptors (Lipinski definition) is 2. The van der Waals surface area contributed by atoms with E-state index in [0.717, 1.165) is 35.9 Å². The predicted octanol–water partition coefficient (Wildman–Crippen LogP) is 3.96.